The van der Waals surface area contributed by atoms with Crippen LogP contribution in [0.4, 0.5) is 0 Å². The van der Waals surface area contributed by atoms with Crippen molar-refractivity contribution in [1.29, 1.82) is 0 Å². The molecule has 0 aliphatic carbocycles. The average molecular weight is 222 g/mol. The maximum atomic E-state index is 11.1. The fourth-order valence-electron chi connectivity index (χ4n) is 1.31. The van der Waals surface area contributed by atoms with Crippen molar-refractivity contribution in [2.45, 2.75) is 26.4 Å². The number of rotatable bonds is 5. The molecule has 16 heavy (non-hydrogen) atoms. The van der Waals surface area contributed by atoms with Crippen LogP contribution in [-0.2, 0) is 4.79 Å². The topological polar surface area (TPSA) is 63.6 Å². The minimum Gasteiger partial charge on any atom is -0.490 e. The smallest absolute Gasteiger partial charge is 0.307 e. The Morgan fingerprint density at radius 1 is 1.44 bits per heavy atom. The third-order valence-electron chi connectivity index (χ3n) is 2.04. The van der Waals surface area contributed by atoms with Crippen LogP contribution in [0.5, 0.6) is 5.75 Å². The molecule has 0 aliphatic heterocycles. The van der Waals surface area contributed by atoms with E-state index in [1.165, 1.54) is 6.92 Å². The highest BCUT2D eigenvalue weighted by molar-refractivity contribution is 5.94. The van der Waals surface area contributed by atoms with E-state index in [4.69, 9.17) is 9.84 Å². The standard InChI is InChI=1S/C12H14O4/c1-8(6-12(14)15)16-11-5-3-4-10(7-11)9(2)13/h3-5,7-8H,6H2,1-2H3,(H,14,15)/t8-/m0/s1. The number of ketones is 1. The van der Waals surface area contributed by atoms with Crippen LogP contribution >= 0.6 is 0 Å². The summed E-state index contributed by atoms with van der Waals surface area (Å²) in [6.07, 6.45) is -0.482. The molecule has 0 amide bonds. The molecule has 0 heterocycles. The van der Waals surface area contributed by atoms with Gasteiger partial charge in [0.05, 0.1) is 6.42 Å². The lowest BCUT2D eigenvalue weighted by Gasteiger charge is -2.12. The maximum Gasteiger partial charge on any atom is 0.307 e. The maximum absolute atomic E-state index is 11.1. The Kier molecular flexibility index (Phi) is 4.05. The van der Waals surface area contributed by atoms with Crippen molar-refractivity contribution in [3.63, 3.8) is 0 Å². The van der Waals surface area contributed by atoms with Crippen molar-refractivity contribution in [2.24, 2.45) is 0 Å². The molecule has 1 N–H and O–H groups in total. The number of carbonyl (C=O) groups excluding carboxylic acids is 1. The van der Waals surface area contributed by atoms with Gasteiger partial charge < -0.3 is 9.84 Å². The van der Waals surface area contributed by atoms with Gasteiger partial charge in [-0.05, 0) is 26.0 Å². The van der Waals surface area contributed by atoms with E-state index in [0.717, 1.165) is 0 Å². The zero-order valence-corrected chi connectivity index (χ0v) is 9.27. The van der Waals surface area contributed by atoms with Crippen molar-refractivity contribution in [3.05, 3.63) is 29.8 Å². The minimum atomic E-state index is -0.907. The second kappa shape index (κ2) is 5.30. The van der Waals surface area contributed by atoms with E-state index in [-0.39, 0.29) is 12.2 Å². The number of carboxylic acid groups (broad SMARTS) is 1. The Labute approximate surface area is 93.9 Å². The first kappa shape index (κ1) is 12.2. The summed E-state index contributed by atoms with van der Waals surface area (Å²) in [4.78, 5) is 21.6. The Bertz CT molecular complexity index is 398. The van der Waals surface area contributed by atoms with E-state index in [0.29, 0.717) is 11.3 Å². The summed E-state index contributed by atoms with van der Waals surface area (Å²) in [7, 11) is 0. The zero-order valence-electron chi connectivity index (χ0n) is 9.27. The lowest BCUT2D eigenvalue weighted by molar-refractivity contribution is -0.138. The largest absolute Gasteiger partial charge is 0.490 e. The van der Waals surface area contributed by atoms with Crippen molar-refractivity contribution in [2.75, 3.05) is 0 Å². The van der Waals surface area contributed by atoms with Crippen LogP contribution in [0.1, 0.15) is 30.6 Å². The molecule has 1 rings (SSSR count). The van der Waals surface area contributed by atoms with E-state index >= 15 is 0 Å². The summed E-state index contributed by atoms with van der Waals surface area (Å²) >= 11 is 0. The molecule has 1 aromatic carbocycles. The fourth-order valence-corrected chi connectivity index (χ4v) is 1.31. The van der Waals surface area contributed by atoms with Crippen molar-refractivity contribution < 1.29 is 19.4 Å². The molecule has 86 valence electrons. The number of Topliss-reactive ketones (excluding diaryl/α,β-unsaturated/α-hetero) is 1. The number of carbonyl (C=O) groups is 2. The van der Waals surface area contributed by atoms with Gasteiger partial charge in [0.1, 0.15) is 11.9 Å². The van der Waals surface area contributed by atoms with Crippen LogP contribution in [0.3, 0.4) is 0 Å². The molecule has 1 aromatic rings. The van der Waals surface area contributed by atoms with Crippen LogP contribution in [-0.4, -0.2) is 23.0 Å². The van der Waals surface area contributed by atoms with Gasteiger partial charge >= 0.3 is 5.97 Å². The monoisotopic (exact) mass is 222 g/mol. The normalized spacial score (nSPS) is 11.9. The molecule has 4 nitrogen and oxygen atoms in total. The highest BCUT2D eigenvalue weighted by Gasteiger charge is 2.09. The van der Waals surface area contributed by atoms with Gasteiger partial charge in [-0.25, -0.2) is 0 Å². The third-order valence-corrected chi connectivity index (χ3v) is 2.04. The van der Waals surface area contributed by atoms with E-state index in [9.17, 15) is 9.59 Å². The Balaban J connectivity index is 2.70. The lowest BCUT2D eigenvalue weighted by atomic mass is 10.1. The van der Waals surface area contributed by atoms with Crippen molar-refractivity contribution in [1.82, 2.24) is 0 Å². The summed E-state index contributed by atoms with van der Waals surface area (Å²) in [6.45, 7) is 3.15. The first-order chi connectivity index (χ1) is 7.49. The van der Waals surface area contributed by atoms with Crippen molar-refractivity contribution in [3.8, 4) is 5.75 Å². The van der Waals surface area contributed by atoms with Gasteiger partial charge in [0.15, 0.2) is 5.78 Å². The van der Waals surface area contributed by atoms with Gasteiger partial charge in [0.25, 0.3) is 0 Å². The number of hydrogen-bond donors (Lipinski definition) is 1. The predicted octanol–water partition coefficient (Wildman–Crippen LogP) is 2.13. The molecule has 0 aromatic heterocycles. The summed E-state index contributed by atoms with van der Waals surface area (Å²) < 4.78 is 5.38. The molecular formula is C12H14O4. The molecule has 0 bridgehead atoms. The summed E-state index contributed by atoms with van der Waals surface area (Å²) in [5.41, 5.74) is 0.556. The SMILES string of the molecule is CC(=O)c1cccc(O[C@@H](C)CC(=O)O)c1. The van der Waals surface area contributed by atoms with Crippen molar-refractivity contribution >= 4 is 11.8 Å². The molecular weight excluding hydrogens is 208 g/mol. The van der Waals surface area contributed by atoms with E-state index in [1.807, 2.05) is 0 Å². The molecule has 0 spiro atoms. The van der Waals surface area contributed by atoms with Crippen LogP contribution in [0.15, 0.2) is 24.3 Å². The van der Waals surface area contributed by atoms with Gasteiger partial charge in [0.2, 0.25) is 0 Å². The second-order valence-corrected chi connectivity index (χ2v) is 3.61. The molecule has 0 saturated heterocycles. The molecule has 0 unspecified atom stereocenters. The van der Waals surface area contributed by atoms with Gasteiger partial charge in [-0.3, -0.25) is 9.59 Å². The molecule has 0 fully saturated rings. The highest BCUT2D eigenvalue weighted by atomic mass is 16.5. The van der Waals surface area contributed by atoms with Crippen LogP contribution in [0.25, 0.3) is 0 Å². The van der Waals surface area contributed by atoms with Crippen LogP contribution in [0, 0.1) is 0 Å². The quantitative estimate of drug-likeness (QED) is 0.775. The molecule has 4 heteroatoms. The highest BCUT2D eigenvalue weighted by Crippen LogP contribution is 2.16. The zero-order chi connectivity index (χ0) is 12.1. The molecule has 0 saturated carbocycles. The second-order valence-electron chi connectivity index (χ2n) is 3.61. The van der Waals surface area contributed by atoms with E-state index in [1.54, 1.807) is 31.2 Å². The summed E-state index contributed by atoms with van der Waals surface area (Å²) in [5, 5.41) is 8.57. The van der Waals surface area contributed by atoms with E-state index in [2.05, 4.69) is 0 Å². The van der Waals surface area contributed by atoms with Crippen LogP contribution in [0.2, 0.25) is 0 Å². The third kappa shape index (κ3) is 3.73. The Morgan fingerprint density at radius 3 is 2.69 bits per heavy atom. The minimum absolute atomic E-state index is 0.0451. The Morgan fingerprint density at radius 2 is 2.12 bits per heavy atom. The van der Waals surface area contributed by atoms with Gasteiger partial charge in [0, 0.05) is 5.56 Å². The summed E-state index contributed by atoms with van der Waals surface area (Å²) in [6, 6.07) is 6.71. The number of hydrogen-bond acceptors (Lipinski definition) is 3. The van der Waals surface area contributed by atoms with Gasteiger partial charge in [-0.15, -0.1) is 0 Å². The molecule has 0 aliphatic rings. The first-order valence-corrected chi connectivity index (χ1v) is 4.98. The lowest BCUT2D eigenvalue weighted by Crippen LogP contribution is -2.16. The predicted molar refractivity (Wildman–Crippen MR) is 58.8 cm³/mol. The van der Waals surface area contributed by atoms with E-state index < -0.39 is 12.1 Å². The molecule has 1 atom stereocenters. The average Bonchev–Trinajstić information content (AvgIpc) is 2.16. The fraction of sp³-hybridized carbons (Fsp3) is 0.333. The first-order valence-electron chi connectivity index (χ1n) is 4.98. The Hall–Kier alpha value is -1.84. The van der Waals surface area contributed by atoms with Gasteiger partial charge in [-0.2, -0.15) is 0 Å². The number of ether oxygens (including phenoxy) is 1. The number of carboxylic acids is 1. The van der Waals surface area contributed by atoms with Crippen LogP contribution < -0.4 is 4.74 Å². The number of aliphatic carboxylic acids is 1. The summed E-state index contributed by atoms with van der Waals surface area (Å²) in [5.74, 6) is -0.437. The van der Waals surface area contributed by atoms with Gasteiger partial charge in [-0.1, -0.05) is 12.1 Å². The number of benzene rings is 1. The molecule has 0 radical (unpaired) electrons.